The van der Waals surface area contributed by atoms with Crippen LogP contribution < -0.4 is 4.90 Å². The van der Waals surface area contributed by atoms with Crippen molar-refractivity contribution in [1.29, 1.82) is 0 Å². The highest BCUT2D eigenvalue weighted by Gasteiger charge is 2.24. The molecule has 1 aliphatic heterocycles. The molecule has 1 fully saturated rings. The monoisotopic (exact) mass is 304 g/mol. The van der Waals surface area contributed by atoms with Gasteiger partial charge in [-0.3, -0.25) is 4.98 Å². The van der Waals surface area contributed by atoms with Crippen molar-refractivity contribution in [2.75, 3.05) is 18.0 Å². The van der Waals surface area contributed by atoms with Crippen LogP contribution >= 0.6 is 15.9 Å². The molecule has 3 heteroatoms. The number of alkyl halides is 1. The van der Waals surface area contributed by atoms with Crippen LogP contribution in [-0.4, -0.2) is 22.9 Å². The molecule has 0 spiro atoms. The van der Waals surface area contributed by atoms with Gasteiger partial charge in [-0.1, -0.05) is 41.1 Å². The van der Waals surface area contributed by atoms with E-state index in [1.54, 1.807) is 0 Å². The molecule has 2 nitrogen and oxygen atoms in total. The highest BCUT2D eigenvalue weighted by Crippen LogP contribution is 2.31. The predicted octanol–water partition coefficient (Wildman–Crippen LogP) is 3.84. The average Bonchev–Trinajstić information content (AvgIpc) is 2.41. The number of rotatable bonds is 1. The van der Waals surface area contributed by atoms with Gasteiger partial charge in [-0.2, -0.15) is 0 Å². The van der Waals surface area contributed by atoms with Crippen LogP contribution in [0.25, 0.3) is 10.9 Å². The summed E-state index contributed by atoms with van der Waals surface area (Å²) in [6, 6.07) is 10.5. The number of hydrogen-bond donors (Lipinski definition) is 0. The Morgan fingerprint density at radius 1 is 1.28 bits per heavy atom. The Labute approximate surface area is 116 Å². The first kappa shape index (κ1) is 12.0. The van der Waals surface area contributed by atoms with Gasteiger partial charge in [-0.05, 0) is 24.5 Å². The fourth-order valence-electron chi connectivity index (χ4n) is 2.69. The highest BCUT2D eigenvalue weighted by molar-refractivity contribution is 9.09. The molecular formula is C15H17BrN2. The van der Waals surface area contributed by atoms with Crippen molar-refractivity contribution in [3.8, 4) is 0 Å². The van der Waals surface area contributed by atoms with Crippen LogP contribution in [0.2, 0.25) is 0 Å². The topological polar surface area (TPSA) is 16.1 Å². The van der Waals surface area contributed by atoms with E-state index in [9.17, 15) is 0 Å². The minimum atomic E-state index is 0.654. The molecule has 2 unspecified atom stereocenters. The Bertz CT molecular complexity index is 550. The molecule has 0 amide bonds. The van der Waals surface area contributed by atoms with Crippen molar-refractivity contribution in [2.45, 2.75) is 18.2 Å². The second-order valence-corrected chi connectivity index (χ2v) is 6.25. The number of aromatic nitrogens is 1. The molecular weight excluding hydrogens is 288 g/mol. The number of piperidine rings is 1. The molecule has 0 N–H and O–H groups in total. The van der Waals surface area contributed by atoms with E-state index < -0.39 is 0 Å². The van der Waals surface area contributed by atoms with Gasteiger partial charge in [0.15, 0.2) is 0 Å². The number of halogens is 1. The van der Waals surface area contributed by atoms with E-state index in [1.807, 2.05) is 12.3 Å². The minimum Gasteiger partial charge on any atom is -0.371 e. The van der Waals surface area contributed by atoms with Gasteiger partial charge in [-0.25, -0.2) is 0 Å². The molecule has 94 valence electrons. The van der Waals surface area contributed by atoms with E-state index in [0.717, 1.165) is 18.6 Å². The maximum Gasteiger partial charge on any atom is 0.0722 e. The first-order valence-electron chi connectivity index (χ1n) is 6.48. The Hall–Kier alpha value is -1.09. The second-order valence-electron chi connectivity index (χ2n) is 5.08. The van der Waals surface area contributed by atoms with E-state index in [1.165, 1.54) is 17.5 Å². The first-order valence-corrected chi connectivity index (χ1v) is 7.40. The minimum absolute atomic E-state index is 0.654. The van der Waals surface area contributed by atoms with Crippen molar-refractivity contribution in [3.05, 3.63) is 36.5 Å². The quantitative estimate of drug-likeness (QED) is 0.744. The van der Waals surface area contributed by atoms with Gasteiger partial charge in [-0.15, -0.1) is 0 Å². The summed E-state index contributed by atoms with van der Waals surface area (Å²) in [4.78, 5) is 7.58. The third-order valence-corrected chi connectivity index (χ3v) is 5.13. The molecule has 3 rings (SSSR count). The molecule has 2 atom stereocenters. The molecule has 0 bridgehead atoms. The Morgan fingerprint density at radius 3 is 2.94 bits per heavy atom. The van der Waals surface area contributed by atoms with E-state index >= 15 is 0 Å². The third-order valence-electron chi connectivity index (χ3n) is 3.77. The number of nitrogens with zero attached hydrogens (tertiary/aromatic N) is 2. The summed E-state index contributed by atoms with van der Waals surface area (Å²) in [5.74, 6) is 0.686. The van der Waals surface area contributed by atoms with Gasteiger partial charge < -0.3 is 4.90 Å². The Kier molecular flexibility index (Phi) is 3.25. The first-order chi connectivity index (χ1) is 8.75. The zero-order chi connectivity index (χ0) is 12.5. The van der Waals surface area contributed by atoms with Gasteiger partial charge >= 0.3 is 0 Å². The summed E-state index contributed by atoms with van der Waals surface area (Å²) < 4.78 is 0. The summed E-state index contributed by atoms with van der Waals surface area (Å²) >= 11 is 3.76. The SMILES string of the molecule is CC1CN(c2ccnc3ccccc23)CCC1Br. The number of hydrogen-bond acceptors (Lipinski definition) is 2. The normalized spacial score (nSPS) is 24.4. The molecule has 18 heavy (non-hydrogen) atoms. The van der Waals surface area contributed by atoms with Crippen LogP contribution in [0, 0.1) is 5.92 Å². The molecule has 0 aliphatic carbocycles. The lowest BCUT2D eigenvalue weighted by molar-refractivity contribution is 0.467. The zero-order valence-corrected chi connectivity index (χ0v) is 12.1. The molecule has 1 aromatic heterocycles. The predicted molar refractivity (Wildman–Crippen MR) is 80.5 cm³/mol. The van der Waals surface area contributed by atoms with Crippen LogP contribution in [0.5, 0.6) is 0 Å². The third kappa shape index (κ3) is 2.12. The Balaban J connectivity index is 1.99. The van der Waals surface area contributed by atoms with Crippen molar-refractivity contribution in [1.82, 2.24) is 4.98 Å². The van der Waals surface area contributed by atoms with Crippen molar-refractivity contribution in [3.63, 3.8) is 0 Å². The van der Waals surface area contributed by atoms with Crippen molar-refractivity contribution in [2.24, 2.45) is 5.92 Å². The standard InChI is InChI=1S/C15H17BrN2/c1-11-10-18(9-7-13(11)16)15-6-8-17-14-5-3-2-4-12(14)15/h2-6,8,11,13H,7,9-10H2,1H3. The lowest BCUT2D eigenvalue weighted by atomic mass is 9.99. The van der Waals surface area contributed by atoms with E-state index in [0.29, 0.717) is 10.7 Å². The molecule has 0 saturated carbocycles. The summed E-state index contributed by atoms with van der Waals surface area (Å²) in [6.07, 6.45) is 3.13. The van der Waals surface area contributed by atoms with Crippen LogP contribution in [0.15, 0.2) is 36.5 Å². The highest BCUT2D eigenvalue weighted by atomic mass is 79.9. The van der Waals surface area contributed by atoms with Crippen LogP contribution in [0.3, 0.4) is 0 Å². The molecule has 2 heterocycles. The van der Waals surface area contributed by atoms with Gasteiger partial charge in [0.25, 0.3) is 0 Å². The molecule has 0 radical (unpaired) electrons. The number of anilines is 1. The summed E-state index contributed by atoms with van der Waals surface area (Å²) in [5.41, 5.74) is 2.41. The zero-order valence-electron chi connectivity index (χ0n) is 10.5. The van der Waals surface area contributed by atoms with Crippen LogP contribution in [0.4, 0.5) is 5.69 Å². The summed E-state index contributed by atoms with van der Waals surface area (Å²) in [7, 11) is 0. The summed E-state index contributed by atoms with van der Waals surface area (Å²) in [6.45, 7) is 4.55. The maximum atomic E-state index is 4.43. The number of pyridine rings is 1. The van der Waals surface area contributed by atoms with E-state index in [4.69, 9.17) is 0 Å². The second kappa shape index (κ2) is 4.88. The van der Waals surface area contributed by atoms with E-state index in [-0.39, 0.29) is 0 Å². The number of fused-ring (bicyclic) bond motifs is 1. The molecule has 2 aromatic rings. The number of benzene rings is 1. The Morgan fingerprint density at radius 2 is 2.11 bits per heavy atom. The fourth-order valence-corrected chi connectivity index (χ4v) is 3.06. The lowest BCUT2D eigenvalue weighted by Crippen LogP contribution is -2.39. The van der Waals surface area contributed by atoms with Gasteiger partial charge in [0.2, 0.25) is 0 Å². The fraction of sp³-hybridized carbons (Fsp3) is 0.400. The smallest absolute Gasteiger partial charge is 0.0722 e. The molecule has 1 saturated heterocycles. The van der Waals surface area contributed by atoms with Crippen LogP contribution in [0.1, 0.15) is 13.3 Å². The largest absolute Gasteiger partial charge is 0.371 e. The van der Waals surface area contributed by atoms with Gasteiger partial charge in [0, 0.05) is 35.2 Å². The maximum absolute atomic E-state index is 4.43. The lowest BCUT2D eigenvalue weighted by Gasteiger charge is -2.36. The number of para-hydroxylation sites is 1. The van der Waals surface area contributed by atoms with Gasteiger partial charge in [0.1, 0.15) is 0 Å². The van der Waals surface area contributed by atoms with E-state index in [2.05, 4.69) is 57.0 Å². The van der Waals surface area contributed by atoms with Crippen molar-refractivity contribution < 1.29 is 0 Å². The average molecular weight is 305 g/mol. The molecule has 1 aromatic carbocycles. The van der Waals surface area contributed by atoms with Gasteiger partial charge in [0.05, 0.1) is 5.52 Å². The summed E-state index contributed by atoms with van der Waals surface area (Å²) in [5, 5.41) is 1.26. The van der Waals surface area contributed by atoms with Crippen LogP contribution in [-0.2, 0) is 0 Å². The van der Waals surface area contributed by atoms with Crippen molar-refractivity contribution >= 4 is 32.5 Å². The molecule has 1 aliphatic rings.